The second kappa shape index (κ2) is 10.3. The number of nitrogens with zero attached hydrogens (tertiary/aromatic N) is 3. The van der Waals surface area contributed by atoms with E-state index in [4.69, 9.17) is 6.57 Å². The maximum absolute atomic E-state index is 12.8. The Bertz CT molecular complexity index is 1290. The van der Waals surface area contributed by atoms with Crippen molar-refractivity contribution in [2.24, 2.45) is 0 Å². The molecule has 2 heterocycles. The van der Waals surface area contributed by atoms with E-state index in [1.807, 2.05) is 0 Å². The van der Waals surface area contributed by atoms with Gasteiger partial charge in [-0.1, -0.05) is 30.3 Å². The minimum atomic E-state index is -1.02. The van der Waals surface area contributed by atoms with Crippen LogP contribution in [0.25, 0.3) is 10.5 Å². The van der Waals surface area contributed by atoms with Crippen LogP contribution in [0.1, 0.15) is 27.4 Å². The Morgan fingerprint density at radius 3 is 2.24 bits per heavy atom. The van der Waals surface area contributed by atoms with Crippen LogP contribution in [0.2, 0.25) is 0 Å². The molecule has 2 aromatic carbocycles. The number of rotatable bonds is 4. The van der Waals surface area contributed by atoms with E-state index in [2.05, 4.69) is 20.9 Å². The lowest BCUT2D eigenvalue weighted by atomic mass is 10.2. The highest BCUT2D eigenvalue weighted by Gasteiger charge is 2.21. The summed E-state index contributed by atoms with van der Waals surface area (Å²) in [4.78, 5) is 31.3. The second-order valence-electron chi connectivity index (χ2n) is 6.92. The summed E-state index contributed by atoms with van der Waals surface area (Å²) in [5.74, 6) is -2.41. The summed E-state index contributed by atoms with van der Waals surface area (Å²) < 4.78 is 26.1. The Morgan fingerprint density at radius 1 is 1.12 bits per heavy atom. The average Bonchev–Trinajstić information content (AvgIpc) is 3.25. The molecule has 1 aliphatic heterocycles. The summed E-state index contributed by atoms with van der Waals surface area (Å²) in [5, 5.41) is 14.5. The van der Waals surface area contributed by atoms with E-state index < -0.39 is 28.7 Å². The first-order valence-electron chi connectivity index (χ1n) is 9.80. The van der Waals surface area contributed by atoms with Gasteiger partial charge in [0.15, 0.2) is 0 Å². The molecule has 0 aliphatic carbocycles. The van der Waals surface area contributed by atoms with Gasteiger partial charge < -0.3 is 16.2 Å². The molecule has 0 bridgehead atoms. The van der Waals surface area contributed by atoms with Crippen LogP contribution in [0.4, 0.5) is 8.78 Å². The zero-order valence-electron chi connectivity index (χ0n) is 17.3. The lowest BCUT2D eigenvalue weighted by Gasteiger charge is -2.15. The highest BCUT2D eigenvalue weighted by Crippen LogP contribution is 2.21. The third-order valence-corrected chi connectivity index (χ3v) is 4.73. The van der Waals surface area contributed by atoms with E-state index in [0.717, 1.165) is 16.7 Å². The fraction of sp³-hybridized carbons (Fsp3) is 0.130. The van der Waals surface area contributed by atoms with Gasteiger partial charge in [0.1, 0.15) is 23.2 Å². The summed E-state index contributed by atoms with van der Waals surface area (Å²) in [6.45, 7) is 7.89. The van der Waals surface area contributed by atoms with Crippen LogP contribution < -0.4 is 21.7 Å². The molecule has 33 heavy (non-hydrogen) atoms. The molecule has 168 valence electrons. The van der Waals surface area contributed by atoms with Gasteiger partial charge in [-0.15, -0.1) is 0 Å². The molecule has 1 amide bonds. The van der Waals surface area contributed by atoms with E-state index >= 15 is 0 Å². The van der Waals surface area contributed by atoms with E-state index in [1.165, 1.54) is 42.5 Å². The van der Waals surface area contributed by atoms with Crippen molar-refractivity contribution < 1.29 is 24.4 Å². The average molecular weight is 451 g/mol. The molecule has 8 nitrogen and oxygen atoms in total. The van der Waals surface area contributed by atoms with E-state index in [-0.39, 0.29) is 30.4 Å². The first-order chi connectivity index (χ1) is 15.8. The van der Waals surface area contributed by atoms with Crippen LogP contribution in [0.15, 0.2) is 59.4 Å². The number of halogens is 2. The molecule has 4 rings (SSSR count). The molecule has 0 radical (unpaired) electrons. The quantitative estimate of drug-likeness (QED) is 0.580. The SMILES string of the molecule is [C-]#[N+]C1=CCn2c1nc(C(=O)NCc1ccc(F)cc1)c([O-])c2=O.[NH3+]Cc1ccc(F)cc1. The fourth-order valence-electron chi connectivity index (χ4n) is 2.94. The predicted octanol–water partition coefficient (Wildman–Crippen LogP) is 1.23. The summed E-state index contributed by atoms with van der Waals surface area (Å²) in [6, 6.07) is 11.8. The highest BCUT2D eigenvalue weighted by atomic mass is 19.1. The minimum absolute atomic E-state index is 0.0153. The first kappa shape index (κ1) is 23.3. The van der Waals surface area contributed by atoms with Gasteiger partial charge in [0.05, 0.1) is 13.1 Å². The van der Waals surface area contributed by atoms with Gasteiger partial charge in [0, 0.05) is 18.7 Å². The summed E-state index contributed by atoms with van der Waals surface area (Å²) >= 11 is 0. The van der Waals surface area contributed by atoms with E-state index in [0.29, 0.717) is 5.56 Å². The van der Waals surface area contributed by atoms with Gasteiger partial charge >= 0.3 is 0 Å². The second-order valence-corrected chi connectivity index (χ2v) is 6.92. The molecular weight excluding hydrogens is 432 g/mol. The summed E-state index contributed by atoms with van der Waals surface area (Å²) in [6.07, 6.45) is 1.47. The number of carbonyl (C=O) groups is 1. The Balaban J connectivity index is 0.000000286. The van der Waals surface area contributed by atoms with Crippen molar-refractivity contribution in [1.82, 2.24) is 14.9 Å². The van der Waals surface area contributed by atoms with Gasteiger partial charge in [-0.05, 0) is 35.6 Å². The van der Waals surface area contributed by atoms with Crippen LogP contribution in [0.3, 0.4) is 0 Å². The number of nitrogens with one attached hydrogen (secondary N) is 1. The first-order valence-corrected chi connectivity index (χ1v) is 9.80. The van der Waals surface area contributed by atoms with Crippen molar-refractivity contribution in [3.05, 3.63) is 111 Å². The third kappa shape index (κ3) is 5.47. The molecule has 3 aromatic rings. The van der Waals surface area contributed by atoms with Crippen molar-refractivity contribution >= 4 is 11.6 Å². The van der Waals surface area contributed by atoms with E-state index in [1.54, 1.807) is 12.1 Å². The molecule has 0 fully saturated rings. The van der Waals surface area contributed by atoms with Crippen molar-refractivity contribution in [3.63, 3.8) is 0 Å². The number of carbonyl (C=O) groups excluding carboxylic acids is 1. The number of quaternary nitrogens is 1. The standard InChI is InChI=1S/C16H11FN4O3.C7H8FN/c1-18-11-6-7-21-14(11)20-12(13(22)16(21)24)15(23)19-8-9-2-4-10(17)5-3-9;8-7-3-1-6(5-9)2-4-7/h2-6,22H,7-8H2,(H,19,23);1-4H,5,9H2. The molecule has 0 saturated carbocycles. The number of aromatic nitrogens is 2. The monoisotopic (exact) mass is 451 g/mol. The predicted molar refractivity (Wildman–Crippen MR) is 113 cm³/mol. The topological polar surface area (TPSA) is 119 Å². The molecule has 0 atom stereocenters. The normalized spacial score (nSPS) is 11.5. The Hall–Kier alpha value is -4.36. The zero-order valence-corrected chi connectivity index (χ0v) is 17.3. The van der Waals surface area contributed by atoms with Crippen LogP contribution in [0.5, 0.6) is 5.75 Å². The van der Waals surface area contributed by atoms with Gasteiger partial charge in [0.2, 0.25) is 11.3 Å². The van der Waals surface area contributed by atoms with Gasteiger partial charge in [-0.2, -0.15) is 0 Å². The number of amides is 1. The van der Waals surface area contributed by atoms with Gasteiger partial charge in [-0.25, -0.2) is 18.6 Å². The Kier molecular flexibility index (Phi) is 7.27. The number of fused-ring (bicyclic) bond motifs is 1. The van der Waals surface area contributed by atoms with Crippen LogP contribution >= 0.6 is 0 Å². The van der Waals surface area contributed by atoms with Gasteiger partial charge in [0.25, 0.3) is 5.91 Å². The van der Waals surface area contributed by atoms with Crippen LogP contribution in [-0.4, -0.2) is 15.5 Å². The van der Waals surface area contributed by atoms with Crippen molar-refractivity contribution in [1.29, 1.82) is 0 Å². The molecule has 0 spiro atoms. The van der Waals surface area contributed by atoms with Crippen molar-refractivity contribution in [2.45, 2.75) is 19.6 Å². The maximum atomic E-state index is 12.8. The summed E-state index contributed by atoms with van der Waals surface area (Å²) in [5.41, 5.74) is 4.04. The van der Waals surface area contributed by atoms with E-state index in [9.17, 15) is 23.5 Å². The molecule has 0 unspecified atom stereocenters. The smallest absolute Gasteiger partial charge is 0.269 e. The largest absolute Gasteiger partial charge is 0.867 e. The number of hydrogen-bond acceptors (Lipinski definition) is 4. The lowest BCUT2D eigenvalue weighted by molar-refractivity contribution is -0.386. The molecule has 10 heteroatoms. The molecule has 1 aliphatic rings. The Labute approximate surface area is 187 Å². The molecule has 1 aromatic heterocycles. The molecule has 0 saturated heterocycles. The van der Waals surface area contributed by atoms with Gasteiger partial charge in [-0.3, -0.25) is 14.2 Å². The third-order valence-electron chi connectivity index (χ3n) is 4.73. The number of hydrogen-bond donors (Lipinski definition) is 2. The Morgan fingerprint density at radius 2 is 1.70 bits per heavy atom. The number of allylic oxidation sites excluding steroid dienone is 1. The van der Waals surface area contributed by atoms with Crippen LogP contribution in [0, 0.1) is 18.2 Å². The highest BCUT2D eigenvalue weighted by molar-refractivity contribution is 5.95. The minimum Gasteiger partial charge on any atom is -0.867 e. The fourth-order valence-corrected chi connectivity index (χ4v) is 2.94. The van der Waals surface area contributed by atoms with Crippen molar-refractivity contribution in [3.8, 4) is 5.75 Å². The summed E-state index contributed by atoms with van der Waals surface area (Å²) in [7, 11) is 0. The molecular formula is C23H19F2N5O3. The maximum Gasteiger partial charge on any atom is 0.269 e. The number of benzene rings is 2. The lowest BCUT2D eigenvalue weighted by Crippen LogP contribution is -2.47. The van der Waals surface area contributed by atoms with Crippen molar-refractivity contribution in [2.75, 3.05) is 0 Å². The molecule has 4 N–H and O–H groups in total. The van der Waals surface area contributed by atoms with Crippen LogP contribution in [-0.2, 0) is 19.6 Å². The zero-order chi connectivity index (χ0) is 24.0.